The average molecular weight is 635 g/mol. The third-order valence-corrected chi connectivity index (χ3v) is 10.3. The van der Waals surface area contributed by atoms with Crippen LogP contribution in [0.25, 0.3) is 75.8 Å². The monoisotopic (exact) mass is 634 g/mol. The highest BCUT2D eigenvalue weighted by atomic mass is 32.1. The van der Waals surface area contributed by atoms with E-state index in [0.717, 1.165) is 50.1 Å². The van der Waals surface area contributed by atoms with Crippen molar-refractivity contribution in [3.63, 3.8) is 0 Å². The first-order valence-electron chi connectivity index (χ1n) is 15.9. The fraction of sp³-hybridized carbons (Fsp3) is 0. The van der Waals surface area contributed by atoms with E-state index in [9.17, 15) is 0 Å². The van der Waals surface area contributed by atoms with E-state index < -0.39 is 0 Å². The van der Waals surface area contributed by atoms with Gasteiger partial charge in [-0.2, -0.15) is 0 Å². The third-order valence-electron chi connectivity index (χ3n) is 9.10. The van der Waals surface area contributed by atoms with Gasteiger partial charge in [-0.1, -0.05) is 84.9 Å². The van der Waals surface area contributed by atoms with Crippen LogP contribution in [-0.4, -0.2) is 4.98 Å². The normalized spacial score (nSPS) is 11.8. The predicted molar refractivity (Wildman–Crippen MR) is 200 cm³/mol. The standard InChI is InChI=1S/C43H26N2O2S/c1-3-10-28(11-4-1)43-44-37-25-36-33-23-22-31(24-38(33)46-39(36)26-40(37)47-43)45(29-12-5-2-6-13-29)30-20-18-27(19-21-30)32-15-9-16-35-34-14-7-8-17-41(34)48-42(32)35/h1-26H. The van der Waals surface area contributed by atoms with Crippen LogP contribution in [0.15, 0.2) is 167 Å². The topological polar surface area (TPSA) is 42.4 Å². The van der Waals surface area contributed by atoms with Gasteiger partial charge in [0.05, 0.1) is 0 Å². The van der Waals surface area contributed by atoms with Gasteiger partial charge in [-0.25, -0.2) is 4.98 Å². The van der Waals surface area contributed by atoms with Crippen LogP contribution in [0.1, 0.15) is 0 Å². The van der Waals surface area contributed by atoms with Crippen molar-refractivity contribution in [3.05, 3.63) is 158 Å². The van der Waals surface area contributed by atoms with Crippen molar-refractivity contribution in [3.8, 4) is 22.6 Å². The van der Waals surface area contributed by atoms with Gasteiger partial charge in [0.15, 0.2) is 5.58 Å². The van der Waals surface area contributed by atoms with Gasteiger partial charge in [0.2, 0.25) is 5.89 Å². The lowest BCUT2D eigenvalue weighted by atomic mass is 10.0. The first kappa shape index (κ1) is 27.0. The fourth-order valence-corrected chi connectivity index (χ4v) is 8.06. The van der Waals surface area contributed by atoms with E-state index in [1.54, 1.807) is 0 Å². The zero-order valence-electron chi connectivity index (χ0n) is 25.6. The molecular weight excluding hydrogens is 609 g/mol. The number of oxazole rings is 1. The maximum atomic E-state index is 6.47. The largest absolute Gasteiger partial charge is 0.456 e. The maximum absolute atomic E-state index is 6.47. The smallest absolute Gasteiger partial charge is 0.227 e. The van der Waals surface area contributed by atoms with Crippen LogP contribution >= 0.6 is 11.3 Å². The summed E-state index contributed by atoms with van der Waals surface area (Å²) in [5.41, 5.74) is 9.66. The van der Waals surface area contributed by atoms with Crippen molar-refractivity contribution in [2.75, 3.05) is 4.90 Å². The van der Waals surface area contributed by atoms with E-state index in [2.05, 4.69) is 120 Å². The second kappa shape index (κ2) is 10.7. The number of para-hydroxylation sites is 1. The van der Waals surface area contributed by atoms with E-state index in [1.807, 2.05) is 53.8 Å². The van der Waals surface area contributed by atoms with Crippen molar-refractivity contribution in [1.29, 1.82) is 0 Å². The van der Waals surface area contributed by atoms with Gasteiger partial charge in [0, 0.05) is 65.7 Å². The third kappa shape index (κ3) is 4.33. The first-order chi connectivity index (χ1) is 23.8. The lowest BCUT2D eigenvalue weighted by Crippen LogP contribution is -2.09. The molecule has 10 aromatic rings. The number of rotatable bonds is 5. The maximum Gasteiger partial charge on any atom is 0.227 e. The lowest BCUT2D eigenvalue weighted by molar-refractivity contribution is 0.617. The molecule has 0 fully saturated rings. The Balaban J connectivity index is 1.06. The summed E-state index contributed by atoms with van der Waals surface area (Å²) in [6.07, 6.45) is 0. The van der Waals surface area contributed by atoms with Gasteiger partial charge >= 0.3 is 0 Å². The molecule has 0 saturated carbocycles. The Morgan fingerprint density at radius 3 is 2.02 bits per heavy atom. The number of thiophene rings is 1. The lowest BCUT2D eigenvalue weighted by Gasteiger charge is -2.25. The van der Waals surface area contributed by atoms with Crippen molar-refractivity contribution >= 4 is 81.6 Å². The Bertz CT molecular complexity index is 2780. The van der Waals surface area contributed by atoms with Crippen LogP contribution in [0.5, 0.6) is 0 Å². The molecule has 0 saturated heterocycles. The second-order valence-corrected chi connectivity index (χ2v) is 13.0. The van der Waals surface area contributed by atoms with E-state index in [0.29, 0.717) is 11.5 Å². The summed E-state index contributed by atoms with van der Waals surface area (Å²) in [7, 11) is 0. The van der Waals surface area contributed by atoms with Gasteiger partial charge in [0.1, 0.15) is 16.7 Å². The highest BCUT2D eigenvalue weighted by Gasteiger charge is 2.18. The van der Waals surface area contributed by atoms with Gasteiger partial charge in [-0.3, -0.25) is 0 Å². The number of benzene rings is 7. The highest BCUT2D eigenvalue weighted by molar-refractivity contribution is 7.26. The van der Waals surface area contributed by atoms with Crippen LogP contribution < -0.4 is 4.90 Å². The van der Waals surface area contributed by atoms with Gasteiger partial charge in [-0.15, -0.1) is 11.3 Å². The van der Waals surface area contributed by atoms with E-state index in [4.69, 9.17) is 13.8 Å². The molecule has 0 spiro atoms. The Labute approximate surface area is 279 Å². The van der Waals surface area contributed by atoms with Gasteiger partial charge in [-0.05, 0) is 71.8 Å². The van der Waals surface area contributed by atoms with Gasteiger partial charge < -0.3 is 13.7 Å². The summed E-state index contributed by atoms with van der Waals surface area (Å²) in [5.74, 6) is 0.606. The second-order valence-electron chi connectivity index (χ2n) is 12.0. The van der Waals surface area contributed by atoms with Crippen molar-refractivity contribution in [1.82, 2.24) is 4.98 Å². The molecular formula is C43H26N2O2S. The summed E-state index contributed by atoms with van der Waals surface area (Å²) in [5, 5.41) is 4.68. The minimum atomic E-state index is 0.606. The number of aromatic nitrogens is 1. The first-order valence-corrected chi connectivity index (χ1v) is 16.8. The summed E-state index contributed by atoms with van der Waals surface area (Å²) in [6.45, 7) is 0. The fourth-order valence-electron chi connectivity index (χ4n) is 6.82. The molecule has 48 heavy (non-hydrogen) atoms. The van der Waals surface area contributed by atoms with Crippen LogP contribution in [0.4, 0.5) is 17.1 Å². The summed E-state index contributed by atoms with van der Waals surface area (Å²) in [6, 6.07) is 55.1. The molecule has 5 heteroatoms. The number of hydrogen-bond donors (Lipinski definition) is 0. The molecule has 7 aromatic carbocycles. The van der Waals surface area contributed by atoms with Crippen LogP contribution in [0.3, 0.4) is 0 Å². The van der Waals surface area contributed by atoms with Crippen LogP contribution in [0.2, 0.25) is 0 Å². The summed E-state index contributed by atoms with van der Waals surface area (Å²) in [4.78, 5) is 7.06. The molecule has 0 radical (unpaired) electrons. The highest BCUT2D eigenvalue weighted by Crippen LogP contribution is 2.42. The van der Waals surface area contributed by atoms with E-state index in [1.165, 1.54) is 31.3 Å². The Morgan fingerprint density at radius 1 is 0.458 bits per heavy atom. The van der Waals surface area contributed by atoms with Gasteiger partial charge in [0.25, 0.3) is 0 Å². The molecule has 3 heterocycles. The van der Waals surface area contributed by atoms with E-state index >= 15 is 0 Å². The van der Waals surface area contributed by atoms with E-state index in [-0.39, 0.29) is 0 Å². The number of anilines is 3. The Kier molecular flexibility index (Phi) is 6.01. The summed E-state index contributed by atoms with van der Waals surface area (Å²) < 4.78 is 15.2. The summed E-state index contributed by atoms with van der Waals surface area (Å²) >= 11 is 1.86. The number of furan rings is 1. The predicted octanol–water partition coefficient (Wildman–Crippen LogP) is 12.9. The molecule has 0 bridgehead atoms. The Hall–Kier alpha value is -6.17. The molecule has 226 valence electrons. The minimum absolute atomic E-state index is 0.606. The minimum Gasteiger partial charge on any atom is -0.456 e. The molecule has 0 aliphatic rings. The van der Waals surface area contributed by atoms with Crippen molar-refractivity contribution < 1.29 is 8.83 Å². The molecule has 0 N–H and O–H groups in total. The zero-order valence-corrected chi connectivity index (χ0v) is 26.4. The molecule has 0 atom stereocenters. The molecule has 4 nitrogen and oxygen atoms in total. The number of nitrogens with zero attached hydrogens (tertiary/aromatic N) is 2. The molecule has 0 amide bonds. The Morgan fingerprint density at radius 2 is 1.17 bits per heavy atom. The van der Waals surface area contributed by atoms with Crippen molar-refractivity contribution in [2.45, 2.75) is 0 Å². The SMILES string of the molecule is c1ccc(-c2nc3cc4c(cc3o2)oc2cc(N(c3ccccc3)c3ccc(-c5cccc6c5sc5ccccc56)cc3)ccc24)cc1. The quantitative estimate of drug-likeness (QED) is 0.189. The number of fused-ring (bicyclic) bond motifs is 7. The number of hydrogen-bond acceptors (Lipinski definition) is 5. The molecule has 0 aliphatic carbocycles. The van der Waals surface area contributed by atoms with Crippen LogP contribution in [-0.2, 0) is 0 Å². The molecule has 0 aliphatic heterocycles. The zero-order chi connectivity index (χ0) is 31.6. The average Bonchev–Trinajstić information content (AvgIpc) is 3.84. The molecule has 0 unspecified atom stereocenters. The molecule has 3 aromatic heterocycles. The van der Waals surface area contributed by atoms with Crippen LogP contribution in [0, 0.1) is 0 Å². The van der Waals surface area contributed by atoms with Crippen molar-refractivity contribution in [2.24, 2.45) is 0 Å². The molecule has 10 rings (SSSR count).